The van der Waals surface area contributed by atoms with Crippen molar-refractivity contribution in [3.8, 4) is 11.1 Å². The van der Waals surface area contributed by atoms with Crippen LogP contribution in [0.1, 0.15) is 99.9 Å². The largest absolute Gasteiger partial charge is 0.469 e. The number of anilines is 2. The lowest BCUT2D eigenvalue weighted by Crippen LogP contribution is -2.34. The minimum absolute atomic E-state index is 0.0156. The number of imidazole rings is 1. The van der Waals surface area contributed by atoms with Crippen molar-refractivity contribution in [2.75, 3.05) is 37.0 Å². The molecule has 0 unspecified atom stereocenters. The van der Waals surface area contributed by atoms with Crippen LogP contribution in [0.3, 0.4) is 0 Å². The van der Waals surface area contributed by atoms with E-state index >= 15 is 0 Å². The van der Waals surface area contributed by atoms with Crippen LogP contribution in [-0.2, 0) is 42.5 Å². The van der Waals surface area contributed by atoms with Gasteiger partial charge < -0.3 is 19.5 Å². The Hall–Kier alpha value is -4.81. The molecule has 0 spiro atoms. The fourth-order valence-corrected chi connectivity index (χ4v) is 10.3. The molecule has 2 aliphatic carbocycles. The summed E-state index contributed by atoms with van der Waals surface area (Å²) < 4.78 is 8.71. The number of esters is 1. The van der Waals surface area contributed by atoms with Gasteiger partial charge in [-0.2, -0.15) is 5.10 Å². The Morgan fingerprint density at radius 2 is 1.78 bits per heavy atom. The maximum atomic E-state index is 13.8. The third kappa shape index (κ3) is 5.68. The minimum Gasteiger partial charge on any atom is -0.469 e. The van der Waals surface area contributed by atoms with Gasteiger partial charge in [-0.15, -0.1) is 0 Å². The van der Waals surface area contributed by atoms with Gasteiger partial charge in [0.2, 0.25) is 0 Å². The Kier molecular flexibility index (Phi) is 8.53. The Morgan fingerprint density at radius 1 is 0.981 bits per heavy atom. The van der Waals surface area contributed by atoms with E-state index < -0.39 is 0 Å². The normalized spacial score (nSPS) is 22.9. The smallest absolute Gasteiger partial charge is 0.311 e. The van der Waals surface area contributed by atoms with Gasteiger partial charge in [0, 0.05) is 69.1 Å². The number of hydrogen-bond acceptors (Lipinski definition) is 8. The molecule has 2 bridgehead atoms. The van der Waals surface area contributed by atoms with Crippen molar-refractivity contribution in [1.29, 1.82) is 0 Å². The van der Waals surface area contributed by atoms with Crippen molar-refractivity contribution in [1.82, 2.24) is 24.2 Å². The van der Waals surface area contributed by atoms with Crippen LogP contribution in [0, 0.1) is 10.8 Å². The molecule has 0 atom stereocenters. The topological polar surface area (TPSA) is 132 Å². The molecule has 2 amide bonds. The van der Waals surface area contributed by atoms with Gasteiger partial charge in [-0.1, -0.05) is 35.9 Å². The first kappa shape index (κ1) is 34.9. The third-order valence-electron chi connectivity index (χ3n) is 13.0. The fraction of sp³-hybridized carbons (Fsp3) is 0.463. The van der Waals surface area contributed by atoms with Gasteiger partial charge in [0.25, 0.3) is 11.8 Å². The summed E-state index contributed by atoms with van der Waals surface area (Å²) in [6.07, 6.45) is 8.66. The molecule has 4 aromatic rings. The number of halogens is 1. The van der Waals surface area contributed by atoms with Crippen molar-refractivity contribution in [3.63, 3.8) is 0 Å². The van der Waals surface area contributed by atoms with Crippen molar-refractivity contribution < 1.29 is 23.9 Å². The molecule has 2 fully saturated rings. The van der Waals surface area contributed by atoms with Crippen LogP contribution in [0.15, 0.2) is 42.5 Å². The lowest BCUT2D eigenvalue weighted by atomic mass is 9.80. The number of fused-ring (bicyclic) bond motifs is 5. The Balaban J connectivity index is 0.890. The zero-order valence-electron chi connectivity index (χ0n) is 30.8. The zero-order valence-corrected chi connectivity index (χ0v) is 31.5. The highest BCUT2D eigenvalue weighted by molar-refractivity contribution is 6.36. The molecule has 0 saturated heterocycles. The second-order valence-corrected chi connectivity index (χ2v) is 16.3. The summed E-state index contributed by atoms with van der Waals surface area (Å²) in [5.41, 5.74) is 6.61. The molecule has 0 radical (unpaired) electrons. The maximum Gasteiger partial charge on any atom is 0.311 e. The van der Waals surface area contributed by atoms with Gasteiger partial charge in [0.15, 0.2) is 17.3 Å². The molecule has 54 heavy (non-hydrogen) atoms. The minimum atomic E-state index is -0.330. The first-order valence-corrected chi connectivity index (χ1v) is 19.5. The highest BCUT2D eigenvalue weighted by atomic mass is 35.5. The monoisotopic (exact) mass is 749 g/mol. The predicted molar refractivity (Wildman–Crippen MR) is 203 cm³/mol. The van der Waals surface area contributed by atoms with Crippen molar-refractivity contribution >= 4 is 46.5 Å². The van der Waals surface area contributed by atoms with Crippen LogP contribution in [0.25, 0.3) is 11.1 Å². The second-order valence-electron chi connectivity index (χ2n) is 15.9. The van der Waals surface area contributed by atoms with Gasteiger partial charge in [0.05, 0.1) is 28.9 Å². The van der Waals surface area contributed by atoms with E-state index in [4.69, 9.17) is 21.3 Å². The van der Waals surface area contributed by atoms with E-state index in [1.165, 1.54) is 7.11 Å². The van der Waals surface area contributed by atoms with Crippen molar-refractivity contribution in [3.05, 3.63) is 81.7 Å². The molecule has 13 heteroatoms. The number of carbonyl (C=O) groups excluding carboxylic acids is 4. The van der Waals surface area contributed by atoms with Gasteiger partial charge >= 0.3 is 5.97 Å². The average molecular weight is 750 g/mol. The zero-order chi connectivity index (χ0) is 37.4. The molecule has 2 aromatic heterocycles. The molecule has 12 nitrogen and oxygen atoms in total. The van der Waals surface area contributed by atoms with E-state index in [0.29, 0.717) is 54.7 Å². The number of hydrogen-bond donors (Lipinski definition) is 1. The number of carbonyl (C=O) groups is 4. The van der Waals surface area contributed by atoms with E-state index in [1.54, 1.807) is 21.7 Å². The first-order chi connectivity index (χ1) is 26.1. The van der Waals surface area contributed by atoms with E-state index in [9.17, 15) is 19.2 Å². The number of nitrogens with one attached hydrogen (secondary N) is 1. The number of amides is 2. The van der Waals surface area contributed by atoms with Crippen LogP contribution >= 0.6 is 11.6 Å². The molecule has 5 aliphatic rings. The van der Waals surface area contributed by atoms with Crippen molar-refractivity contribution in [2.24, 2.45) is 17.9 Å². The average Bonchev–Trinajstić information content (AvgIpc) is 4.02. The SMILES string of the molecule is COC(=O)C12CCC(CCN3CCc4c(nc(C(=O)Nc5cccc(-c6cccc7c6CCN7C(=O)c6cc7n(n6)CCCC7=O)c5Cl)n4C)C3)(CC1)C2. The molecular formula is C41H44ClN7O5. The summed E-state index contributed by atoms with van der Waals surface area (Å²) in [4.78, 5) is 61.4. The molecule has 5 heterocycles. The summed E-state index contributed by atoms with van der Waals surface area (Å²) >= 11 is 7.05. The van der Waals surface area contributed by atoms with Crippen LogP contribution in [0.2, 0.25) is 5.02 Å². The number of ether oxygens (including phenoxy) is 1. The Labute approximate surface area is 318 Å². The number of ketones is 1. The standard InChI is InChI=1S/C41H44ClN7O5/c1-46-32-12-19-47(21-17-40-13-15-41(24-40,16-14-40)39(53)54-2)23-30(32)43-36(46)37(51)44-28-8-3-7-27(35(28)42)25-6-4-9-31-26(25)11-20-48(31)38(52)29-22-33-34(50)10-5-18-49(33)45-29/h3-4,6-9,22H,5,10-21,23-24H2,1-2H3,(H,44,51). The Bertz CT molecular complexity index is 2230. The van der Waals surface area contributed by atoms with Crippen LogP contribution < -0.4 is 10.2 Å². The summed E-state index contributed by atoms with van der Waals surface area (Å²) in [6, 6.07) is 13.0. The van der Waals surface area contributed by atoms with Gasteiger partial charge in [-0.3, -0.25) is 28.8 Å². The highest BCUT2D eigenvalue weighted by Gasteiger charge is 2.58. The number of benzene rings is 2. The number of nitrogens with zero attached hydrogens (tertiary/aromatic N) is 6. The molecule has 2 aromatic carbocycles. The molecular weight excluding hydrogens is 706 g/mol. The van der Waals surface area contributed by atoms with Crippen LogP contribution in [-0.4, -0.2) is 74.5 Å². The summed E-state index contributed by atoms with van der Waals surface area (Å²) in [5.74, 6) is -0.243. The summed E-state index contributed by atoms with van der Waals surface area (Å²) in [7, 11) is 3.40. The number of Topliss-reactive ketones (excluding diaryl/α,β-unsaturated/α-hetero) is 1. The van der Waals surface area contributed by atoms with Gasteiger partial charge in [0.1, 0.15) is 5.69 Å². The van der Waals surface area contributed by atoms with Crippen LogP contribution in [0.4, 0.5) is 11.4 Å². The number of rotatable bonds is 8. The lowest BCUT2D eigenvalue weighted by molar-refractivity contribution is -0.152. The van der Waals surface area contributed by atoms with E-state index in [0.717, 1.165) is 98.2 Å². The van der Waals surface area contributed by atoms with Gasteiger partial charge in [-0.05, 0) is 86.6 Å². The quantitative estimate of drug-likeness (QED) is 0.210. The molecule has 3 aliphatic heterocycles. The fourth-order valence-electron chi connectivity index (χ4n) is 10.0. The van der Waals surface area contributed by atoms with E-state index in [-0.39, 0.29) is 40.1 Å². The van der Waals surface area contributed by atoms with Crippen molar-refractivity contribution in [2.45, 2.75) is 77.3 Å². The maximum absolute atomic E-state index is 13.8. The Morgan fingerprint density at radius 3 is 2.57 bits per heavy atom. The number of methoxy groups -OCH3 is 1. The molecule has 2 saturated carbocycles. The molecule has 9 rings (SSSR count). The second kappa shape index (κ2) is 13.2. The van der Waals surface area contributed by atoms with E-state index in [1.807, 2.05) is 41.9 Å². The highest BCUT2D eigenvalue weighted by Crippen LogP contribution is 2.63. The first-order valence-electron chi connectivity index (χ1n) is 19.1. The third-order valence-corrected chi connectivity index (χ3v) is 13.4. The number of aromatic nitrogens is 4. The van der Waals surface area contributed by atoms with Crippen LogP contribution in [0.5, 0.6) is 0 Å². The lowest BCUT2D eigenvalue weighted by Gasteiger charge is -2.32. The van der Waals surface area contributed by atoms with Gasteiger partial charge in [-0.25, -0.2) is 4.98 Å². The van der Waals surface area contributed by atoms with E-state index in [2.05, 4.69) is 15.3 Å². The predicted octanol–water partition coefficient (Wildman–Crippen LogP) is 6.24. The summed E-state index contributed by atoms with van der Waals surface area (Å²) in [6.45, 7) is 3.63. The molecule has 280 valence electrons. The summed E-state index contributed by atoms with van der Waals surface area (Å²) in [5, 5.41) is 7.91. The molecule has 1 N–H and O–H groups in total. The number of aryl methyl sites for hydroxylation is 1.